The first-order chi connectivity index (χ1) is 10.5. The fourth-order valence-corrected chi connectivity index (χ4v) is 1.97. The highest BCUT2D eigenvalue weighted by atomic mass is 16.5. The number of benzene rings is 2. The number of carbonyl (C=O) groups excluding carboxylic acids is 1. The zero-order chi connectivity index (χ0) is 15.9. The van der Waals surface area contributed by atoms with Crippen LogP contribution in [0, 0.1) is 13.8 Å². The Morgan fingerprint density at radius 3 is 2.59 bits per heavy atom. The molecule has 2 aromatic rings. The van der Waals surface area contributed by atoms with Crippen LogP contribution in [0.2, 0.25) is 0 Å². The first-order valence-corrected chi connectivity index (χ1v) is 6.85. The fraction of sp³-hybridized carbons (Fsp3) is 0.176. The molecule has 0 aromatic heterocycles. The quantitative estimate of drug-likeness (QED) is 0.658. The van der Waals surface area contributed by atoms with E-state index in [0.717, 1.165) is 11.1 Å². The van der Waals surface area contributed by atoms with Crippen LogP contribution in [-0.2, 0) is 4.79 Å². The van der Waals surface area contributed by atoms with Crippen molar-refractivity contribution in [3.05, 3.63) is 59.2 Å². The van der Waals surface area contributed by atoms with E-state index < -0.39 is 0 Å². The van der Waals surface area contributed by atoms with E-state index in [1.54, 1.807) is 24.3 Å². The van der Waals surface area contributed by atoms with Crippen molar-refractivity contribution in [1.29, 1.82) is 0 Å². The molecule has 0 heterocycles. The Morgan fingerprint density at radius 2 is 1.91 bits per heavy atom. The van der Waals surface area contributed by atoms with Crippen molar-refractivity contribution in [2.45, 2.75) is 13.8 Å². The van der Waals surface area contributed by atoms with Crippen molar-refractivity contribution in [3.63, 3.8) is 0 Å². The lowest BCUT2D eigenvalue weighted by Crippen LogP contribution is -2.24. The summed E-state index contributed by atoms with van der Waals surface area (Å²) in [5, 5.41) is 13.3. The average molecular weight is 298 g/mol. The third kappa shape index (κ3) is 4.63. The fourth-order valence-electron chi connectivity index (χ4n) is 1.97. The van der Waals surface area contributed by atoms with Crippen LogP contribution in [0.25, 0.3) is 0 Å². The van der Waals surface area contributed by atoms with Crippen molar-refractivity contribution in [3.8, 4) is 11.5 Å². The zero-order valence-corrected chi connectivity index (χ0v) is 12.5. The van der Waals surface area contributed by atoms with Gasteiger partial charge in [-0.15, -0.1) is 0 Å². The van der Waals surface area contributed by atoms with Gasteiger partial charge in [-0.2, -0.15) is 5.10 Å². The van der Waals surface area contributed by atoms with Crippen LogP contribution in [0.15, 0.2) is 47.6 Å². The molecule has 0 aliphatic rings. The Bertz CT molecular complexity index is 676. The number of rotatable bonds is 5. The van der Waals surface area contributed by atoms with E-state index in [4.69, 9.17) is 4.74 Å². The average Bonchev–Trinajstić information content (AvgIpc) is 2.46. The number of ether oxygens (including phenoxy) is 1. The molecule has 0 bridgehead atoms. The molecule has 0 fully saturated rings. The number of hydrogen-bond donors (Lipinski definition) is 2. The molecule has 2 aromatic carbocycles. The number of nitrogens with one attached hydrogen (secondary N) is 1. The summed E-state index contributed by atoms with van der Waals surface area (Å²) in [5.74, 6) is 0.384. The van der Waals surface area contributed by atoms with Gasteiger partial charge in [0.15, 0.2) is 6.61 Å². The summed E-state index contributed by atoms with van der Waals surface area (Å²) in [6.07, 6.45) is 1.38. The largest absolute Gasteiger partial charge is 0.507 e. The molecular formula is C17H18N2O3. The Morgan fingerprint density at radius 1 is 1.23 bits per heavy atom. The summed E-state index contributed by atoms with van der Waals surface area (Å²) < 4.78 is 5.42. The molecule has 5 heteroatoms. The lowest BCUT2D eigenvalue weighted by Gasteiger charge is -2.07. The van der Waals surface area contributed by atoms with Gasteiger partial charge in [0.2, 0.25) is 0 Å². The molecule has 0 aliphatic heterocycles. The normalized spacial score (nSPS) is 10.6. The van der Waals surface area contributed by atoms with Crippen molar-refractivity contribution in [2.75, 3.05) is 6.61 Å². The van der Waals surface area contributed by atoms with Gasteiger partial charge in [0, 0.05) is 5.56 Å². The number of nitrogens with zero attached hydrogens (tertiary/aromatic N) is 1. The third-order valence-corrected chi connectivity index (χ3v) is 2.89. The number of phenolic OH excluding ortho intramolecular Hbond substituents is 1. The summed E-state index contributed by atoms with van der Waals surface area (Å²) in [7, 11) is 0. The van der Waals surface area contributed by atoms with Gasteiger partial charge in [-0.25, -0.2) is 5.43 Å². The molecule has 0 radical (unpaired) electrons. The second-order valence-corrected chi connectivity index (χ2v) is 4.96. The van der Waals surface area contributed by atoms with Crippen LogP contribution in [-0.4, -0.2) is 23.8 Å². The number of amides is 1. The maximum absolute atomic E-state index is 11.6. The Labute approximate surface area is 129 Å². The summed E-state index contributed by atoms with van der Waals surface area (Å²) in [4.78, 5) is 11.6. The van der Waals surface area contributed by atoms with Gasteiger partial charge < -0.3 is 9.84 Å². The number of para-hydroxylation sites is 1. The topological polar surface area (TPSA) is 70.9 Å². The minimum atomic E-state index is -0.370. The molecule has 0 unspecified atom stereocenters. The highest BCUT2D eigenvalue weighted by molar-refractivity contribution is 5.85. The smallest absolute Gasteiger partial charge is 0.277 e. The van der Waals surface area contributed by atoms with Gasteiger partial charge in [0.25, 0.3) is 5.91 Å². The van der Waals surface area contributed by atoms with Crippen LogP contribution in [0.3, 0.4) is 0 Å². The van der Waals surface area contributed by atoms with Crippen LogP contribution >= 0.6 is 0 Å². The molecule has 0 aliphatic carbocycles. The van der Waals surface area contributed by atoms with Gasteiger partial charge >= 0.3 is 0 Å². The zero-order valence-electron chi connectivity index (χ0n) is 12.5. The first-order valence-electron chi connectivity index (χ1n) is 6.85. The molecule has 0 saturated carbocycles. The van der Waals surface area contributed by atoms with Gasteiger partial charge in [-0.3, -0.25) is 4.79 Å². The molecule has 114 valence electrons. The van der Waals surface area contributed by atoms with Gasteiger partial charge in [-0.05, 0) is 49.2 Å². The highest BCUT2D eigenvalue weighted by Crippen LogP contribution is 2.16. The molecule has 0 spiro atoms. The van der Waals surface area contributed by atoms with Gasteiger partial charge in [-0.1, -0.05) is 18.2 Å². The van der Waals surface area contributed by atoms with E-state index in [2.05, 4.69) is 10.5 Å². The van der Waals surface area contributed by atoms with E-state index in [1.165, 1.54) is 6.21 Å². The number of carbonyl (C=O) groups is 1. The summed E-state index contributed by atoms with van der Waals surface area (Å²) in [6.45, 7) is 3.81. The molecule has 5 nitrogen and oxygen atoms in total. The maximum atomic E-state index is 11.6. The monoisotopic (exact) mass is 298 g/mol. The molecule has 0 saturated heterocycles. The van der Waals surface area contributed by atoms with Crippen molar-refractivity contribution in [2.24, 2.45) is 5.10 Å². The SMILES string of the molecule is Cc1cc(C)cc(OCC(=O)N/N=C/c2ccccc2O)c1. The molecule has 2 N–H and O–H groups in total. The number of aryl methyl sites for hydroxylation is 2. The first kappa shape index (κ1) is 15.6. The lowest BCUT2D eigenvalue weighted by molar-refractivity contribution is -0.123. The summed E-state index contributed by atoms with van der Waals surface area (Å²) >= 11 is 0. The van der Waals surface area contributed by atoms with Crippen molar-refractivity contribution in [1.82, 2.24) is 5.43 Å². The number of hydrazone groups is 1. The van der Waals surface area contributed by atoms with Gasteiger partial charge in [0.1, 0.15) is 11.5 Å². The molecule has 2 rings (SSSR count). The predicted octanol–water partition coefficient (Wildman–Crippen LogP) is 2.54. The maximum Gasteiger partial charge on any atom is 0.277 e. The Balaban J connectivity index is 1.84. The van der Waals surface area contributed by atoms with Crippen LogP contribution in [0.5, 0.6) is 11.5 Å². The lowest BCUT2D eigenvalue weighted by atomic mass is 10.1. The third-order valence-electron chi connectivity index (χ3n) is 2.89. The van der Waals surface area contributed by atoms with Crippen LogP contribution in [0.4, 0.5) is 0 Å². The van der Waals surface area contributed by atoms with Crippen LogP contribution in [0.1, 0.15) is 16.7 Å². The molecule has 0 atom stereocenters. The molecule has 1 amide bonds. The standard InChI is InChI=1S/C17H18N2O3/c1-12-7-13(2)9-15(8-12)22-11-17(21)19-18-10-14-5-3-4-6-16(14)20/h3-10,20H,11H2,1-2H3,(H,19,21)/b18-10+. The van der Waals surface area contributed by atoms with E-state index in [9.17, 15) is 9.90 Å². The van der Waals surface area contributed by atoms with E-state index >= 15 is 0 Å². The number of aromatic hydroxyl groups is 1. The number of hydrogen-bond acceptors (Lipinski definition) is 4. The van der Waals surface area contributed by atoms with Gasteiger partial charge in [0.05, 0.1) is 6.21 Å². The van der Waals surface area contributed by atoms with E-state index in [-0.39, 0.29) is 18.3 Å². The van der Waals surface area contributed by atoms with Crippen molar-refractivity contribution < 1.29 is 14.6 Å². The van der Waals surface area contributed by atoms with E-state index in [0.29, 0.717) is 11.3 Å². The second-order valence-electron chi connectivity index (χ2n) is 4.96. The highest BCUT2D eigenvalue weighted by Gasteiger charge is 2.03. The Kier molecular flexibility index (Phi) is 5.14. The van der Waals surface area contributed by atoms with Crippen molar-refractivity contribution >= 4 is 12.1 Å². The van der Waals surface area contributed by atoms with Crippen LogP contribution < -0.4 is 10.2 Å². The minimum Gasteiger partial charge on any atom is -0.507 e. The predicted molar refractivity (Wildman–Crippen MR) is 85.3 cm³/mol. The minimum absolute atomic E-state index is 0.104. The van der Waals surface area contributed by atoms with E-state index in [1.807, 2.05) is 32.0 Å². The summed E-state index contributed by atoms with van der Waals surface area (Å²) in [6, 6.07) is 12.5. The Hall–Kier alpha value is -2.82. The number of phenols is 1. The molecular weight excluding hydrogens is 280 g/mol. The summed E-state index contributed by atoms with van der Waals surface area (Å²) in [5.41, 5.74) is 5.03. The second kappa shape index (κ2) is 7.26. The molecule has 22 heavy (non-hydrogen) atoms.